The number of carbonyl (C=O) groups excluding carboxylic acids is 3. The van der Waals surface area contributed by atoms with E-state index in [-0.39, 0.29) is 6.54 Å². The van der Waals surface area contributed by atoms with Crippen molar-refractivity contribution in [1.82, 2.24) is 15.5 Å². The number of nitrogens with zero attached hydrogens (tertiary/aromatic N) is 1. The van der Waals surface area contributed by atoms with E-state index >= 15 is 0 Å². The van der Waals surface area contributed by atoms with Crippen LogP contribution in [0.25, 0.3) is 0 Å². The van der Waals surface area contributed by atoms with Crippen LogP contribution in [0.1, 0.15) is 18.5 Å². The molecular weight excluding hydrogens is 363 g/mol. The van der Waals surface area contributed by atoms with E-state index in [2.05, 4.69) is 16.0 Å². The highest BCUT2D eigenvalue weighted by Crippen LogP contribution is 2.19. The fourth-order valence-electron chi connectivity index (χ4n) is 2.71. The van der Waals surface area contributed by atoms with Crippen LogP contribution in [0.3, 0.4) is 0 Å². The van der Waals surface area contributed by atoms with Gasteiger partial charge >= 0.3 is 6.03 Å². The molecule has 28 heavy (non-hydrogen) atoms. The van der Waals surface area contributed by atoms with Gasteiger partial charge in [-0.15, -0.1) is 0 Å². The number of likely N-dealkylation sites (N-methyl/N-ethyl adjacent to an activating group) is 1. The number of benzene rings is 2. The zero-order chi connectivity index (χ0) is 20.5. The van der Waals surface area contributed by atoms with Gasteiger partial charge in [0.2, 0.25) is 11.8 Å². The van der Waals surface area contributed by atoms with E-state index in [0.717, 1.165) is 0 Å². The number of imide groups is 1. The molecule has 0 bridgehead atoms. The topological polar surface area (TPSA) is 90.5 Å². The molecule has 2 aromatic carbocycles. The van der Waals surface area contributed by atoms with E-state index in [1.807, 2.05) is 0 Å². The summed E-state index contributed by atoms with van der Waals surface area (Å²) in [5.74, 6) is -1.44. The van der Waals surface area contributed by atoms with E-state index in [1.165, 1.54) is 23.1 Å². The van der Waals surface area contributed by atoms with Gasteiger partial charge in [0.15, 0.2) is 0 Å². The third-order valence-corrected chi connectivity index (χ3v) is 3.88. The first-order valence-electron chi connectivity index (χ1n) is 8.80. The molecule has 1 atom stereocenters. The van der Waals surface area contributed by atoms with E-state index < -0.39 is 29.7 Å². The molecule has 0 aliphatic carbocycles. The molecule has 0 unspecified atom stereocenters. The second kappa shape index (κ2) is 10.2. The normalized spacial score (nSPS) is 11.6. The van der Waals surface area contributed by atoms with Crippen molar-refractivity contribution in [3.05, 3.63) is 66.0 Å². The number of hydrogen-bond donors (Lipinski definition) is 3. The molecule has 3 N–H and O–H groups in total. The lowest BCUT2D eigenvalue weighted by Crippen LogP contribution is -2.46. The number of halogens is 1. The van der Waals surface area contributed by atoms with Gasteiger partial charge in [0.25, 0.3) is 0 Å². The first-order chi connectivity index (χ1) is 13.4. The predicted molar refractivity (Wildman–Crippen MR) is 104 cm³/mol. The van der Waals surface area contributed by atoms with Crippen LogP contribution in [0.15, 0.2) is 54.6 Å². The van der Waals surface area contributed by atoms with Gasteiger partial charge in [-0.3, -0.25) is 19.8 Å². The Balaban J connectivity index is 2.12. The molecule has 7 nitrogen and oxygen atoms in total. The fourth-order valence-corrected chi connectivity index (χ4v) is 2.71. The maximum Gasteiger partial charge on any atom is 0.321 e. The smallest absolute Gasteiger partial charge is 0.321 e. The average Bonchev–Trinajstić information content (AvgIpc) is 2.62. The average molecular weight is 386 g/mol. The molecule has 8 heteroatoms. The molecule has 0 radical (unpaired) electrons. The zero-order valence-corrected chi connectivity index (χ0v) is 15.7. The molecule has 2 rings (SSSR count). The van der Waals surface area contributed by atoms with Crippen LogP contribution >= 0.6 is 0 Å². The lowest BCUT2D eigenvalue weighted by Gasteiger charge is -2.26. The molecule has 0 saturated carbocycles. The largest absolute Gasteiger partial charge is 0.338 e. The summed E-state index contributed by atoms with van der Waals surface area (Å²) >= 11 is 0. The molecular formula is C20H23FN4O3. The molecule has 0 aliphatic rings. The van der Waals surface area contributed by atoms with Gasteiger partial charge < -0.3 is 10.6 Å². The van der Waals surface area contributed by atoms with Gasteiger partial charge in [0, 0.05) is 12.2 Å². The number of nitrogens with one attached hydrogen (secondary N) is 3. The summed E-state index contributed by atoms with van der Waals surface area (Å²) in [6.45, 7) is 1.97. The van der Waals surface area contributed by atoms with Crippen LogP contribution in [0, 0.1) is 5.82 Å². The standard InChI is InChI=1S/C20H23FN4O3/c1-3-22-20(28)24-19(27)18(14-8-5-4-6-9-14)25(2)13-17(26)23-16-11-7-10-15(21)12-16/h4-12,18H,3,13H2,1-2H3,(H,23,26)(H2,22,24,27,28)/t18-/m0/s1. The van der Waals surface area contributed by atoms with Crippen molar-refractivity contribution in [2.45, 2.75) is 13.0 Å². The summed E-state index contributed by atoms with van der Waals surface area (Å²) in [6, 6.07) is 12.9. The fraction of sp³-hybridized carbons (Fsp3) is 0.250. The van der Waals surface area contributed by atoms with E-state index in [0.29, 0.717) is 17.8 Å². The Kier molecular flexibility index (Phi) is 7.65. The van der Waals surface area contributed by atoms with Crippen molar-refractivity contribution in [3.8, 4) is 0 Å². The van der Waals surface area contributed by atoms with Gasteiger partial charge in [-0.1, -0.05) is 36.4 Å². The van der Waals surface area contributed by atoms with Crippen molar-refractivity contribution in [2.24, 2.45) is 0 Å². The Labute approximate surface area is 162 Å². The Morgan fingerprint density at radius 1 is 1.07 bits per heavy atom. The number of hydrogen-bond acceptors (Lipinski definition) is 4. The van der Waals surface area contributed by atoms with Crippen LogP contribution in [-0.2, 0) is 9.59 Å². The summed E-state index contributed by atoms with van der Waals surface area (Å²) in [5, 5.41) is 7.36. The molecule has 4 amide bonds. The van der Waals surface area contributed by atoms with Crippen LogP contribution in [-0.4, -0.2) is 42.9 Å². The maximum atomic E-state index is 13.3. The van der Waals surface area contributed by atoms with Crippen LogP contribution in [0.4, 0.5) is 14.9 Å². The Morgan fingerprint density at radius 3 is 2.43 bits per heavy atom. The highest BCUT2D eigenvalue weighted by molar-refractivity contribution is 5.98. The van der Waals surface area contributed by atoms with Crippen molar-refractivity contribution in [2.75, 3.05) is 25.5 Å². The molecule has 0 saturated heterocycles. The number of anilines is 1. The molecule has 0 spiro atoms. The van der Waals surface area contributed by atoms with Gasteiger partial charge in [0.05, 0.1) is 6.54 Å². The van der Waals surface area contributed by atoms with Gasteiger partial charge in [-0.25, -0.2) is 9.18 Å². The Bertz CT molecular complexity index is 829. The Morgan fingerprint density at radius 2 is 1.79 bits per heavy atom. The van der Waals surface area contributed by atoms with Gasteiger partial charge in [-0.2, -0.15) is 0 Å². The highest BCUT2D eigenvalue weighted by Gasteiger charge is 2.27. The Hall–Kier alpha value is -3.26. The molecule has 2 aromatic rings. The van der Waals surface area contributed by atoms with Crippen molar-refractivity contribution in [1.29, 1.82) is 0 Å². The third-order valence-electron chi connectivity index (χ3n) is 3.88. The minimum absolute atomic E-state index is 0.140. The minimum Gasteiger partial charge on any atom is -0.338 e. The SMILES string of the molecule is CCNC(=O)NC(=O)[C@H](c1ccccc1)N(C)CC(=O)Nc1cccc(F)c1. The van der Waals surface area contributed by atoms with Crippen LogP contribution in [0.5, 0.6) is 0 Å². The number of urea groups is 1. The van der Waals surface area contributed by atoms with E-state index in [9.17, 15) is 18.8 Å². The summed E-state index contributed by atoms with van der Waals surface area (Å²) in [5.41, 5.74) is 0.951. The van der Waals surface area contributed by atoms with E-state index in [4.69, 9.17) is 0 Å². The summed E-state index contributed by atoms with van der Waals surface area (Å²) in [4.78, 5) is 38.2. The van der Waals surface area contributed by atoms with Crippen LogP contribution in [0.2, 0.25) is 0 Å². The van der Waals surface area contributed by atoms with Crippen molar-refractivity contribution in [3.63, 3.8) is 0 Å². The number of carbonyl (C=O) groups is 3. The van der Waals surface area contributed by atoms with Crippen LogP contribution < -0.4 is 16.0 Å². The summed E-state index contributed by atoms with van der Waals surface area (Å²) in [6.07, 6.45) is 0. The minimum atomic E-state index is -0.859. The maximum absolute atomic E-state index is 13.3. The van der Waals surface area contributed by atoms with Crippen molar-refractivity contribution >= 4 is 23.5 Å². The third kappa shape index (κ3) is 6.17. The van der Waals surface area contributed by atoms with Gasteiger partial charge in [0.1, 0.15) is 11.9 Å². The molecule has 0 aliphatic heterocycles. The predicted octanol–water partition coefficient (Wildman–Crippen LogP) is 2.28. The lowest BCUT2D eigenvalue weighted by molar-refractivity contribution is -0.126. The number of rotatable bonds is 7. The molecule has 0 heterocycles. The van der Waals surface area contributed by atoms with Gasteiger partial charge in [-0.05, 0) is 37.7 Å². The quantitative estimate of drug-likeness (QED) is 0.681. The summed E-state index contributed by atoms with van der Waals surface area (Å²) < 4.78 is 13.3. The summed E-state index contributed by atoms with van der Waals surface area (Å²) in [7, 11) is 1.60. The van der Waals surface area contributed by atoms with E-state index in [1.54, 1.807) is 50.4 Å². The highest BCUT2D eigenvalue weighted by atomic mass is 19.1. The molecule has 0 aromatic heterocycles. The first kappa shape index (κ1) is 21.0. The zero-order valence-electron chi connectivity index (χ0n) is 15.7. The first-order valence-corrected chi connectivity index (χ1v) is 8.80. The second-order valence-electron chi connectivity index (χ2n) is 6.14. The molecule has 148 valence electrons. The second-order valence-corrected chi connectivity index (χ2v) is 6.14. The molecule has 0 fully saturated rings. The monoisotopic (exact) mass is 386 g/mol. The van der Waals surface area contributed by atoms with Crippen molar-refractivity contribution < 1.29 is 18.8 Å². The number of amides is 4. The lowest BCUT2D eigenvalue weighted by atomic mass is 10.0.